The summed E-state index contributed by atoms with van der Waals surface area (Å²) in [6, 6.07) is 7.62. The highest BCUT2D eigenvalue weighted by molar-refractivity contribution is 7.55. The van der Waals surface area contributed by atoms with E-state index in [1.807, 2.05) is 38.1 Å². The summed E-state index contributed by atoms with van der Waals surface area (Å²) >= 11 is 0. The van der Waals surface area contributed by atoms with Crippen LogP contribution in [0, 0.1) is 6.92 Å². The number of para-hydroxylation sites is 1. The Hall–Kier alpha value is -0.830. The molecule has 5 heteroatoms. The van der Waals surface area contributed by atoms with Gasteiger partial charge in [0.2, 0.25) is 0 Å². The number of hydrogen-bond donors (Lipinski definition) is 1. The summed E-state index contributed by atoms with van der Waals surface area (Å²) in [6.07, 6.45) is 0.746. The molecule has 0 aromatic heterocycles. The maximum absolute atomic E-state index is 12.2. The molecule has 1 aliphatic heterocycles. The second-order valence-electron chi connectivity index (χ2n) is 3.96. The molecule has 0 aliphatic carbocycles. The Morgan fingerprint density at radius 1 is 1.44 bits per heavy atom. The fourth-order valence-electron chi connectivity index (χ4n) is 1.56. The third-order valence-corrected chi connectivity index (χ3v) is 4.18. The molecule has 2 unspecified atom stereocenters. The van der Waals surface area contributed by atoms with Crippen LogP contribution in [0.3, 0.4) is 0 Å². The number of nitrogens with one attached hydrogen (secondary N) is 1. The van der Waals surface area contributed by atoms with Gasteiger partial charge in [0.1, 0.15) is 0 Å². The molecule has 0 radical (unpaired) electrons. The van der Waals surface area contributed by atoms with E-state index in [2.05, 4.69) is 5.09 Å². The van der Waals surface area contributed by atoms with E-state index in [1.54, 1.807) is 0 Å². The molecule has 1 aromatic rings. The van der Waals surface area contributed by atoms with Crippen molar-refractivity contribution in [1.82, 2.24) is 0 Å². The van der Waals surface area contributed by atoms with Crippen LogP contribution in [-0.4, -0.2) is 12.7 Å². The fraction of sp³-hybridized carbons (Fsp3) is 0.455. The van der Waals surface area contributed by atoms with Crippen molar-refractivity contribution in [3.8, 4) is 0 Å². The van der Waals surface area contributed by atoms with E-state index in [9.17, 15) is 4.57 Å². The fourth-order valence-corrected chi connectivity index (χ4v) is 3.21. The van der Waals surface area contributed by atoms with Crippen LogP contribution in [0.25, 0.3) is 0 Å². The van der Waals surface area contributed by atoms with Crippen molar-refractivity contribution in [1.29, 1.82) is 0 Å². The Kier molecular flexibility index (Phi) is 3.33. The van der Waals surface area contributed by atoms with Gasteiger partial charge in [-0.3, -0.25) is 14.1 Å². The van der Waals surface area contributed by atoms with Crippen LogP contribution in [0.5, 0.6) is 0 Å². The summed E-state index contributed by atoms with van der Waals surface area (Å²) in [5, 5.41) is 2.87. The summed E-state index contributed by atoms with van der Waals surface area (Å²) in [5.41, 5.74) is 1.81. The van der Waals surface area contributed by atoms with Crippen LogP contribution in [0.1, 0.15) is 18.9 Å². The van der Waals surface area contributed by atoms with E-state index in [0.717, 1.165) is 17.7 Å². The zero-order chi connectivity index (χ0) is 11.6. The molecule has 88 valence electrons. The molecular formula is C11H16NO3P. The van der Waals surface area contributed by atoms with Crippen molar-refractivity contribution >= 4 is 13.4 Å². The minimum atomic E-state index is -3.17. The van der Waals surface area contributed by atoms with Crippen LogP contribution in [0.4, 0.5) is 5.69 Å². The monoisotopic (exact) mass is 241 g/mol. The molecule has 0 amide bonds. The van der Waals surface area contributed by atoms with Crippen molar-refractivity contribution in [3.63, 3.8) is 0 Å². The Morgan fingerprint density at radius 2 is 2.19 bits per heavy atom. The van der Waals surface area contributed by atoms with Gasteiger partial charge >= 0.3 is 7.75 Å². The molecule has 1 aromatic carbocycles. The van der Waals surface area contributed by atoms with Crippen LogP contribution in [0.2, 0.25) is 0 Å². The largest absolute Gasteiger partial charge is 0.432 e. The standard InChI is InChI=1S/C11H16NO3P/c1-9-5-3-4-6-11(9)12-16(13)14-8-7-10(2)15-16/h3-6,10H,7-8H2,1-2H3,(H,12,13). The average Bonchev–Trinajstić information content (AvgIpc) is 2.21. The molecule has 0 spiro atoms. The summed E-state index contributed by atoms with van der Waals surface area (Å²) < 4.78 is 22.8. The summed E-state index contributed by atoms with van der Waals surface area (Å²) in [4.78, 5) is 0. The molecule has 1 N–H and O–H groups in total. The number of aryl methyl sites for hydroxylation is 1. The van der Waals surface area contributed by atoms with Gasteiger partial charge in [0, 0.05) is 5.69 Å². The lowest BCUT2D eigenvalue weighted by Crippen LogP contribution is -2.20. The molecule has 1 fully saturated rings. The predicted molar refractivity (Wildman–Crippen MR) is 63.5 cm³/mol. The summed E-state index contributed by atoms with van der Waals surface area (Å²) in [5.74, 6) is 0. The lowest BCUT2D eigenvalue weighted by atomic mass is 10.2. The molecule has 0 saturated carbocycles. The third-order valence-electron chi connectivity index (χ3n) is 2.51. The maximum Gasteiger partial charge on any atom is 0.432 e. The number of benzene rings is 1. The topological polar surface area (TPSA) is 47.6 Å². The second-order valence-corrected chi connectivity index (χ2v) is 5.65. The normalized spacial score (nSPS) is 30.0. The molecular weight excluding hydrogens is 225 g/mol. The predicted octanol–water partition coefficient (Wildman–Crippen LogP) is 3.34. The van der Waals surface area contributed by atoms with E-state index < -0.39 is 7.75 Å². The van der Waals surface area contributed by atoms with Gasteiger partial charge in [0.25, 0.3) is 0 Å². The molecule has 0 bridgehead atoms. The Bertz CT molecular complexity index is 421. The van der Waals surface area contributed by atoms with Crippen LogP contribution < -0.4 is 5.09 Å². The van der Waals surface area contributed by atoms with Gasteiger partial charge in [0.15, 0.2) is 0 Å². The lowest BCUT2D eigenvalue weighted by molar-refractivity contribution is 0.0954. The van der Waals surface area contributed by atoms with E-state index in [1.165, 1.54) is 0 Å². The minimum absolute atomic E-state index is 0.0314. The molecule has 1 saturated heterocycles. The first kappa shape index (κ1) is 11.6. The molecule has 1 aliphatic rings. The molecule has 2 rings (SSSR count). The van der Waals surface area contributed by atoms with Gasteiger partial charge in [-0.25, -0.2) is 4.57 Å². The highest BCUT2D eigenvalue weighted by Gasteiger charge is 2.32. The first-order valence-corrected chi connectivity index (χ1v) is 6.90. The van der Waals surface area contributed by atoms with Gasteiger partial charge in [-0.05, 0) is 31.9 Å². The third kappa shape index (κ3) is 2.64. The van der Waals surface area contributed by atoms with Gasteiger partial charge in [-0.2, -0.15) is 0 Å². The summed E-state index contributed by atoms with van der Waals surface area (Å²) in [6.45, 7) is 4.31. The van der Waals surface area contributed by atoms with E-state index >= 15 is 0 Å². The quantitative estimate of drug-likeness (QED) is 0.807. The minimum Gasteiger partial charge on any atom is -0.293 e. The van der Waals surface area contributed by atoms with Crippen LogP contribution >= 0.6 is 7.75 Å². The highest BCUT2D eigenvalue weighted by atomic mass is 31.2. The van der Waals surface area contributed by atoms with Gasteiger partial charge in [0.05, 0.1) is 12.7 Å². The van der Waals surface area contributed by atoms with Crippen LogP contribution in [-0.2, 0) is 13.6 Å². The average molecular weight is 241 g/mol. The van der Waals surface area contributed by atoms with Gasteiger partial charge in [-0.1, -0.05) is 18.2 Å². The van der Waals surface area contributed by atoms with Crippen LogP contribution in [0.15, 0.2) is 24.3 Å². The highest BCUT2D eigenvalue weighted by Crippen LogP contribution is 2.52. The van der Waals surface area contributed by atoms with Crippen molar-refractivity contribution in [2.75, 3.05) is 11.7 Å². The van der Waals surface area contributed by atoms with E-state index in [0.29, 0.717) is 6.61 Å². The molecule has 4 nitrogen and oxygen atoms in total. The molecule has 1 heterocycles. The van der Waals surface area contributed by atoms with Crippen molar-refractivity contribution in [2.24, 2.45) is 0 Å². The SMILES string of the molecule is Cc1ccccc1NP1(=O)OCCC(C)O1. The Labute approximate surface area is 95.5 Å². The number of hydrogen-bond acceptors (Lipinski definition) is 3. The van der Waals surface area contributed by atoms with Crippen molar-refractivity contribution < 1.29 is 13.6 Å². The van der Waals surface area contributed by atoms with Crippen molar-refractivity contribution in [3.05, 3.63) is 29.8 Å². The first-order valence-electron chi connectivity index (χ1n) is 5.36. The summed E-state index contributed by atoms with van der Waals surface area (Å²) in [7, 11) is -3.17. The Balaban J connectivity index is 2.15. The van der Waals surface area contributed by atoms with Gasteiger partial charge < -0.3 is 0 Å². The Morgan fingerprint density at radius 3 is 2.88 bits per heavy atom. The van der Waals surface area contributed by atoms with E-state index in [4.69, 9.17) is 9.05 Å². The second kappa shape index (κ2) is 4.58. The molecule has 16 heavy (non-hydrogen) atoms. The number of anilines is 1. The number of rotatable bonds is 2. The van der Waals surface area contributed by atoms with E-state index in [-0.39, 0.29) is 6.10 Å². The molecule has 2 atom stereocenters. The lowest BCUT2D eigenvalue weighted by Gasteiger charge is -2.28. The zero-order valence-corrected chi connectivity index (χ0v) is 10.4. The maximum atomic E-state index is 12.2. The first-order chi connectivity index (χ1) is 7.59. The van der Waals surface area contributed by atoms with Crippen molar-refractivity contribution in [2.45, 2.75) is 26.4 Å². The zero-order valence-electron chi connectivity index (χ0n) is 9.47. The smallest absolute Gasteiger partial charge is 0.293 e. The van der Waals surface area contributed by atoms with Gasteiger partial charge in [-0.15, -0.1) is 0 Å².